The van der Waals surface area contributed by atoms with E-state index in [4.69, 9.17) is 0 Å². The number of aliphatic hydroxyl groups is 1. The first-order chi connectivity index (χ1) is 7.93. The van der Waals surface area contributed by atoms with Gasteiger partial charge in [-0.15, -0.1) is 0 Å². The number of hydrogen-bond donors (Lipinski definition) is 3. The van der Waals surface area contributed by atoms with Crippen LogP contribution >= 0.6 is 0 Å². The van der Waals surface area contributed by atoms with Gasteiger partial charge in [-0.25, -0.2) is 9.97 Å². The van der Waals surface area contributed by atoms with Crippen LogP contribution in [0.1, 0.15) is 32.2 Å². The standard InChI is InChI=1S/C12H22N4O/c1-6-9-14-10(13-5)8(2)11(15-9)16-12(3,4)7-17/h17H,6-7H2,1-5H3,(H2,13,14,15,16). The van der Waals surface area contributed by atoms with Crippen molar-refractivity contribution in [3.8, 4) is 0 Å². The maximum Gasteiger partial charge on any atom is 0.135 e. The molecular formula is C12H22N4O. The molecule has 17 heavy (non-hydrogen) atoms. The molecule has 0 aliphatic heterocycles. The Morgan fingerprint density at radius 1 is 1.24 bits per heavy atom. The van der Waals surface area contributed by atoms with E-state index >= 15 is 0 Å². The Kier molecular flexibility index (Phi) is 4.28. The number of nitrogens with zero attached hydrogens (tertiary/aromatic N) is 2. The van der Waals surface area contributed by atoms with Gasteiger partial charge >= 0.3 is 0 Å². The zero-order valence-electron chi connectivity index (χ0n) is 11.3. The summed E-state index contributed by atoms with van der Waals surface area (Å²) in [6, 6.07) is 0. The van der Waals surface area contributed by atoms with Crippen molar-refractivity contribution in [3.05, 3.63) is 11.4 Å². The highest BCUT2D eigenvalue weighted by molar-refractivity contribution is 5.57. The van der Waals surface area contributed by atoms with Crippen molar-refractivity contribution in [1.29, 1.82) is 0 Å². The Hall–Kier alpha value is -1.36. The molecule has 1 heterocycles. The smallest absolute Gasteiger partial charge is 0.135 e. The quantitative estimate of drug-likeness (QED) is 0.726. The molecule has 0 unspecified atom stereocenters. The number of hydrogen-bond acceptors (Lipinski definition) is 5. The summed E-state index contributed by atoms with van der Waals surface area (Å²) >= 11 is 0. The van der Waals surface area contributed by atoms with Gasteiger partial charge in [0.2, 0.25) is 0 Å². The van der Waals surface area contributed by atoms with E-state index in [1.165, 1.54) is 0 Å². The van der Waals surface area contributed by atoms with Gasteiger partial charge < -0.3 is 15.7 Å². The fraction of sp³-hybridized carbons (Fsp3) is 0.667. The fourth-order valence-corrected chi connectivity index (χ4v) is 1.45. The topological polar surface area (TPSA) is 70.1 Å². The van der Waals surface area contributed by atoms with Crippen molar-refractivity contribution in [3.63, 3.8) is 0 Å². The number of nitrogens with one attached hydrogen (secondary N) is 2. The summed E-state index contributed by atoms with van der Waals surface area (Å²) in [5.41, 5.74) is 0.570. The molecule has 5 heteroatoms. The van der Waals surface area contributed by atoms with Crippen molar-refractivity contribution in [2.75, 3.05) is 24.3 Å². The molecule has 0 aromatic carbocycles. The van der Waals surface area contributed by atoms with Crippen LogP contribution in [0.15, 0.2) is 0 Å². The van der Waals surface area contributed by atoms with Crippen molar-refractivity contribution in [2.24, 2.45) is 0 Å². The molecule has 5 nitrogen and oxygen atoms in total. The van der Waals surface area contributed by atoms with Gasteiger partial charge in [-0.2, -0.15) is 0 Å². The minimum absolute atomic E-state index is 0.0484. The van der Waals surface area contributed by atoms with Crippen molar-refractivity contribution < 1.29 is 5.11 Å². The molecule has 3 N–H and O–H groups in total. The molecule has 0 saturated heterocycles. The summed E-state index contributed by atoms with van der Waals surface area (Å²) in [5, 5.41) is 15.6. The Bertz CT molecular complexity index is 390. The van der Waals surface area contributed by atoms with Crippen LogP contribution < -0.4 is 10.6 Å². The highest BCUT2D eigenvalue weighted by Gasteiger charge is 2.19. The lowest BCUT2D eigenvalue weighted by Gasteiger charge is -2.26. The summed E-state index contributed by atoms with van der Waals surface area (Å²) in [5.74, 6) is 2.39. The van der Waals surface area contributed by atoms with Crippen LogP contribution in [-0.2, 0) is 6.42 Å². The molecule has 0 aliphatic carbocycles. The van der Waals surface area contributed by atoms with Crippen LogP contribution in [0.2, 0.25) is 0 Å². The average molecular weight is 238 g/mol. The molecule has 0 fully saturated rings. The Balaban J connectivity index is 3.13. The molecule has 0 aliphatic rings. The van der Waals surface area contributed by atoms with Gasteiger partial charge in [0.05, 0.1) is 12.1 Å². The van der Waals surface area contributed by atoms with Gasteiger partial charge in [-0.1, -0.05) is 6.92 Å². The zero-order chi connectivity index (χ0) is 13.1. The molecule has 0 amide bonds. The van der Waals surface area contributed by atoms with E-state index in [0.717, 1.165) is 29.4 Å². The number of rotatable bonds is 5. The largest absolute Gasteiger partial charge is 0.394 e. The number of anilines is 2. The molecule has 1 aromatic heterocycles. The van der Waals surface area contributed by atoms with Crippen molar-refractivity contribution in [1.82, 2.24) is 9.97 Å². The highest BCUT2D eigenvalue weighted by atomic mass is 16.3. The minimum atomic E-state index is -0.394. The Morgan fingerprint density at radius 2 is 1.82 bits per heavy atom. The summed E-state index contributed by atoms with van der Waals surface area (Å²) in [4.78, 5) is 8.86. The summed E-state index contributed by atoms with van der Waals surface area (Å²) in [7, 11) is 1.84. The SMILES string of the molecule is CCc1nc(NC)c(C)c(NC(C)(C)CO)n1. The van der Waals surface area contributed by atoms with Crippen molar-refractivity contribution in [2.45, 2.75) is 39.7 Å². The maximum absolute atomic E-state index is 9.28. The average Bonchev–Trinajstić information content (AvgIpc) is 2.31. The van der Waals surface area contributed by atoms with E-state index in [9.17, 15) is 5.11 Å². The van der Waals surface area contributed by atoms with Gasteiger partial charge in [0.15, 0.2) is 0 Å². The maximum atomic E-state index is 9.28. The van der Waals surface area contributed by atoms with Crippen LogP contribution in [0.5, 0.6) is 0 Å². The van der Waals surface area contributed by atoms with E-state index < -0.39 is 5.54 Å². The summed E-state index contributed by atoms with van der Waals surface area (Å²) in [6.45, 7) is 7.89. The van der Waals surface area contributed by atoms with Crippen molar-refractivity contribution >= 4 is 11.6 Å². The highest BCUT2D eigenvalue weighted by Crippen LogP contribution is 2.22. The lowest BCUT2D eigenvalue weighted by atomic mass is 10.1. The monoisotopic (exact) mass is 238 g/mol. The lowest BCUT2D eigenvalue weighted by Crippen LogP contribution is -2.35. The van der Waals surface area contributed by atoms with E-state index in [2.05, 4.69) is 20.6 Å². The minimum Gasteiger partial charge on any atom is -0.394 e. The first kappa shape index (κ1) is 13.7. The van der Waals surface area contributed by atoms with Crippen LogP contribution in [0.25, 0.3) is 0 Å². The van der Waals surface area contributed by atoms with E-state index in [-0.39, 0.29) is 6.61 Å². The third kappa shape index (κ3) is 3.30. The molecule has 0 saturated carbocycles. The van der Waals surface area contributed by atoms with Gasteiger partial charge in [0.25, 0.3) is 0 Å². The molecule has 1 aromatic rings. The number of aliphatic hydroxyl groups excluding tert-OH is 1. The molecule has 0 bridgehead atoms. The predicted molar refractivity (Wildman–Crippen MR) is 70.5 cm³/mol. The predicted octanol–water partition coefficient (Wildman–Crippen LogP) is 1.57. The molecular weight excluding hydrogens is 216 g/mol. The van der Waals surface area contributed by atoms with Gasteiger partial charge in [0.1, 0.15) is 17.5 Å². The second-order valence-electron chi connectivity index (χ2n) is 4.73. The number of aromatic nitrogens is 2. The van der Waals surface area contributed by atoms with Crippen LogP contribution in [0.3, 0.4) is 0 Å². The summed E-state index contributed by atoms with van der Waals surface area (Å²) in [6.07, 6.45) is 0.781. The molecule has 0 atom stereocenters. The third-order valence-corrected chi connectivity index (χ3v) is 2.60. The van der Waals surface area contributed by atoms with E-state index in [1.54, 1.807) is 0 Å². The third-order valence-electron chi connectivity index (χ3n) is 2.60. The Labute approximate surface area is 103 Å². The second kappa shape index (κ2) is 5.31. The lowest BCUT2D eigenvalue weighted by molar-refractivity contribution is 0.234. The molecule has 96 valence electrons. The van der Waals surface area contributed by atoms with Crippen LogP contribution in [0.4, 0.5) is 11.6 Å². The first-order valence-electron chi connectivity index (χ1n) is 5.87. The van der Waals surface area contributed by atoms with E-state index in [0.29, 0.717) is 0 Å². The van der Waals surface area contributed by atoms with Crippen LogP contribution in [-0.4, -0.2) is 34.3 Å². The first-order valence-corrected chi connectivity index (χ1v) is 5.87. The summed E-state index contributed by atoms with van der Waals surface area (Å²) < 4.78 is 0. The molecule has 0 radical (unpaired) electrons. The van der Waals surface area contributed by atoms with Gasteiger partial charge in [-0.3, -0.25) is 0 Å². The normalized spacial score (nSPS) is 11.4. The zero-order valence-corrected chi connectivity index (χ0v) is 11.3. The van der Waals surface area contributed by atoms with Gasteiger partial charge in [0, 0.05) is 19.0 Å². The van der Waals surface area contributed by atoms with Gasteiger partial charge in [-0.05, 0) is 20.8 Å². The van der Waals surface area contributed by atoms with Crippen LogP contribution in [0, 0.1) is 6.92 Å². The fourth-order valence-electron chi connectivity index (χ4n) is 1.45. The Morgan fingerprint density at radius 3 is 2.29 bits per heavy atom. The molecule has 1 rings (SSSR count). The number of aryl methyl sites for hydroxylation is 1. The van der Waals surface area contributed by atoms with E-state index in [1.807, 2.05) is 34.7 Å². The molecule has 0 spiro atoms. The second-order valence-corrected chi connectivity index (χ2v) is 4.73.